The van der Waals surface area contributed by atoms with Gasteiger partial charge in [0, 0.05) is 5.03 Å². The SMILES string of the molecule is [CH]=C(Cl)c1ccc(C2CCCCC2)cc1. The van der Waals surface area contributed by atoms with Crippen molar-refractivity contribution in [3.8, 4) is 0 Å². The Bertz CT molecular complexity index is 331. The fourth-order valence-electron chi connectivity index (χ4n) is 2.35. The van der Waals surface area contributed by atoms with Crippen LogP contribution in [0.1, 0.15) is 49.1 Å². The maximum absolute atomic E-state index is 5.74. The van der Waals surface area contributed by atoms with Crippen LogP contribution >= 0.6 is 11.6 Å². The van der Waals surface area contributed by atoms with E-state index in [1.807, 2.05) is 12.1 Å². The lowest BCUT2D eigenvalue weighted by Gasteiger charge is -2.22. The molecule has 2 rings (SSSR count). The maximum atomic E-state index is 5.74. The van der Waals surface area contributed by atoms with E-state index >= 15 is 0 Å². The first-order chi connectivity index (χ1) is 7.27. The van der Waals surface area contributed by atoms with Crippen LogP contribution in [0.4, 0.5) is 0 Å². The zero-order chi connectivity index (χ0) is 10.7. The Morgan fingerprint density at radius 1 is 1.07 bits per heavy atom. The summed E-state index contributed by atoms with van der Waals surface area (Å²) < 4.78 is 0. The van der Waals surface area contributed by atoms with Crippen molar-refractivity contribution >= 4 is 16.6 Å². The minimum atomic E-state index is 0.380. The third-order valence-corrected chi connectivity index (χ3v) is 3.48. The van der Waals surface area contributed by atoms with Gasteiger partial charge in [-0.05, 0) is 36.5 Å². The van der Waals surface area contributed by atoms with Crippen molar-refractivity contribution in [2.75, 3.05) is 0 Å². The molecule has 1 aromatic rings. The average Bonchev–Trinajstić information content (AvgIpc) is 2.30. The summed E-state index contributed by atoms with van der Waals surface area (Å²) in [6, 6.07) is 8.37. The highest BCUT2D eigenvalue weighted by Crippen LogP contribution is 2.33. The number of hydrogen-bond donors (Lipinski definition) is 0. The van der Waals surface area contributed by atoms with E-state index < -0.39 is 0 Å². The smallest absolute Gasteiger partial charge is 0.0478 e. The number of rotatable bonds is 2. The topological polar surface area (TPSA) is 0 Å². The summed E-state index contributed by atoms with van der Waals surface area (Å²) in [5.74, 6) is 0.754. The van der Waals surface area contributed by atoms with Crippen LogP contribution in [0, 0.1) is 6.58 Å². The molecule has 0 N–H and O–H groups in total. The zero-order valence-electron chi connectivity index (χ0n) is 8.88. The Morgan fingerprint density at radius 2 is 1.67 bits per heavy atom. The summed E-state index contributed by atoms with van der Waals surface area (Å²) in [4.78, 5) is 0. The van der Waals surface area contributed by atoms with Gasteiger partial charge in [-0.25, -0.2) is 0 Å². The molecule has 0 unspecified atom stereocenters. The van der Waals surface area contributed by atoms with Gasteiger partial charge in [0.15, 0.2) is 0 Å². The predicted molar refractivity (Wildman–Crippen MR) is 65.8 cm³/mol. The van der Waals surface area contributed by atoms with E-state index in [0.717, 1.165) is 11.5 Å². The van der Waals surface area contributed by atoms with E-state index in [9.17, 15) is 0 Å². The summed E-state index contributed by atoms with van der Waals surface area (Å²) in [7, 11) is 0. The van der Waals surface area contributed by atoms with Gasteiger partial charge in [0.25, 0.3) is 0 Å². The molecule has 1 heteroatoms. The van der Waals surface area contributed by atoms with Crippen molar-refractivity contribution in [1.29, 1.82) is 0 Å². The molecule has 0 amide bonds. The van der Waals surface area contributed by atoms with Crippen LogP contribution < -0.4 is 0 Å². The van der Waals surface area contributed by atoms with Gasteiger partial charge in [0.2, 0.25) is 0 Å². The van der Waals surface area contributed by atoms with Crippen LogP contribution in [0.2, 0.25) is 0 Å². The second-order valence-electron chi connectivity index (χ2n) is 4.30. The summed E-state index contributed by atoms with van der Waals surface area (Å²) in [6.07, 6.45) is 6.81. The largest absolute Gasteiger partial charge is 0.0837 e. The normalized spacial score (nSPS) is 17.7. The van der Waals surface area contributed by atoms with Crippen molar-refractivity contribution in [3.05, 3.63) is 42.0 Å². The van der Waals surface area contributed by atoms with E-state index in [1.54, 1.807) is 0 Å². The minimum Gasteiger partial charge on any atom is -0.0837 e. The average molecular weight is 220 g/mol. The van der Waals surface area contributed by atoms with Crippen molar-refractivity contribution in [2.24, 2.45) is 0 Å². The molecule has 0 bridgehead atoms. The summed E-state index contributed by atoms with van der Waals surface area (Å²) in [6.45, 7) is 5.52. The van der Waals surface area contributed by atoms with Crippen molar-refractivity contribution in [3.63, 3.8) is 0 Å². The van der Waals surface area contributed by atoms with E-state index in [4.69, 9.17) is 18.2 Å². The predicted octanol–water partition coefficient (Wildman–Crippen LogP) is 4.75. The fourth-order valence-corrected chi connectivity index (χ4v) is 2.48. The molecule has 1 fully saturated rings. The van der Waals surface area contributed by atoms with Gasteiger partial charge in [0.05, 0.1) is 0 Å². The Kier molecular flexibility index (Phi) is 3.48. The summed E-state index contributed by atoms with van der Waals surface area (Å²) >= 11 is 5.74. The minimum absolute atomic E-state index is 0.380. The molecule has 0 nitrogen and oxygen atoms in total. The van der Waals surface area contributed by atoms with Gasteiger partial charge in [-0.15, -0.1) is 0 Å². The van der Waals surface area contributed by atoms with Gasteiger partial charge in [-0.1, -0.05) is 55.1 Å². The standard InChI is InChI=1S/C14H16Cl/c1-11(15)12-7-9-14(10-8-12)13-5-3-2-4-6-13/h1,7-10,13H,2-6H2. The lowest BCUT2D eigenvalue weighted by atomic mass is 9.84. The van der Waals surface area contributed by atoms with Crippen LogP contribution in [0.5, 0.6) is 0 Å². The van der Waals surface area contributed by atoms with E-state index in [2.05, 4.69) is 12.1 Å². The zero-order valence-corrected chi connectivity index (χ0v) is 9.63. The second kappa shape index (κ2) is 4.85. The van der Waals surface area contributed by atoms with Crippen molar-refractivity contribution < 1.29 is 0 Å². The van der Waals surface area contributed by atoms with Crippen LogP contribution in [0.15, 0.2) is 24.3 Å². The highest BCUT2D eigenvalue weighted by molar-refractivity contribution is 6.47. The molecule has 15 heavy (non-hydrogen) atoms. The molecule has 0 spiro atoms. The molecule has 1 radical (unpaired) electrons. The van der Waals surface area contributed by atoms with Gasteiger partial charge >= 0.3 is 0 Å². The first kappa shape index (κ1) is 10.8. The highest BCUT2D eigenvalue weighted by Gasteiger charge is 2.14. The van der Waals surface area contributed by atoms with Gasteiger partial charge < -0.3 is 0 Å². The molecule has 0 heterocycles. The van der Waals surface area contributed by atoms with E-state index in [1.165, 1.54) is 37.7 Å². The van der Waals surface area contributed by atoms with Crippen molar-refractivity contribution in [1.82, 2.24) is 0 Å². The van der Waals surface area contributed by atoms with Gasteiger partial charge in [-0.3, -0.25) is 0 Å². The highest BCUT2D eigenvalue weighted by atomic mass is 35.5. The Hall–Kier alpha value is -0.750. The lowest BCUT2D eigenvalue weighted by molar-refractivity contribution is 0.443. The molecule has 0 saturated heterocycles. The molecule has 1 aliphatic rings. The van der Waals surface area contributed by atoms with Crippen molar-refractivity contribution in [2.45, 2.75) is 38.0 Å². The number of halogens is 1. The first-order valence-electron chi connectivity index (χ1n) is 5.65. The number of benzene rings is 1. The Labute approximate surface area is 97.0 Å². The molecule has 1 aromatic carbocycles. The Morgan fingerprint density at radius 3 is 2.20 bits per heavy atom. The molecule has 0 aliphatic heterocycles. The third-order valence-electron chi connectivity index (χ3n) is 3.26. The number of hydrogen-bond acceptors (Lipinski definition) is 0. The van der Waals surface area contributed by atoms with Crippen LogP contribution in [0.25, 0.3) is 5.03 Å². The van der Waals surface area contributed by atoms with Crippen LogP contribution in [-0.2, 0) is 0 Å². The Balaban J connectivity index is 2.11. The van der Waals surface area contributed by atoms with E-state index in [-0.39, 0.29) is 0 Å². The molecule has 0 atom stereocenters. The molecular formula is C14H16Cl. The second-order valence-corrected chi connectivity index (χ2v) is 4.71. The summed E-state index contributed by atoms with van der Waals surface area (Å²) in [5, 5.41) is 0.380. The maximum Gasteiger partial charge on any atom is 0.0478 e. The molecular weight excluding hydrogens is 204 g/mol. The monoisotopic (exact) mass is 219 g/mol. The lowest BCUT2D eigenvalue weighted by Crippen LogP contribution is -2.04. The van der Waals surface area contributed by atoms with Gasteiger partial charge in [0.1, 0.15) is 0 Å². The third kappa shape index (κ3) is 2.63. The summed E-state index contributed by atoms with van der Waals surface area (Å²) in [5.41, 5.74) is 2.37. The molecule has 79 valence electrons. The quantitative estimate of drug-likeness (QED) is 0.674. The molecule has 1 aliphatic carbocycles. The van der Waals surface area contributed by atoms with Crippen LogP contribution in [-0.4, -0.2) is 0 Å². The van der Waals surface area contributed by atoms with Gasteiger partial charge in [-0.2, -0.15) is 0 Å². The first-order valence-corrected chi connectivity index (χ1v) is 6.03. The van der Waals surface area contributed by atoms with E-state index in [0.29, 0.717) is 5.03 Å². The van der Waals surface area contributed by atoms with Crippen LogP contribution in [0.3, 0.4) is 0 Å². The molecule has 1 saturated carbocycles. The fraction of sp³-hybridized carbons (Fsp3) is 0.429. The molecule has 0 aromatic heterocycles.